The highest BCUT2D eigenvalue weighted by molar-refractivity contribution is 6.35. The summed E-state index contributed by atoms with van der Waals surface area (Å²) in [6.07, 6.45) is 1.38. The van der Waals surface area contributed by atoms with Crippen LogP contribution in [0, 0.1) is 6.92 Å². The monoisotopic (exact) mass is 510 g/mol. The molecule has 0 radical (unpaired) electrons. The van der Waals surface area contributed by atoms with Crippen LogP contribution in [0.4, 0.5) is 0 Å². The molecule has 6 heteroatoms. The lowest BCUT2D eigenvalue weighted by molar-refractivity contribution is -0.141. The smallest absolute Gasteiger partial charge is 0.243 e. The molecular formula is C29H32Cl2N2O2. The van der Waals surface area contributed by atoms with Crippen molar-refractivity contribution in [3.05, 3.63) is 105 Å². The van der Waals surface area contributed by atoms with E-state index < -0.39 is 6.04 Å². The molecule has 2 atom stereocenters. The Balaban J connectivity index is 2.00. The van der Waals surface area contributed by atoms with E-state index in [4.69, 9.17) is 23.2 Å². The summed E-state index contributed by atoms with van der Waals surface area (Å²) in [7, 11) is 0. The van der Waals surface area contributed by atoms with Crippen LogP contribution in [0.1, 0.15) is 42.5 Å². The van der Waals surface area contributed by atoms with Gasteiger partial charge in [-0.1, -0.05) is 96.4 Å². The van der Waals surface area contributed by atoms with Crippen LogP contribution in [0.3, 0.4) is 0 Å². The lowest BCUT2D eigenvalue weighted by Crippen LogP contribution is -2.52. The van der Waals surface area contributed by atoms with Crippen molar-refractivity contribution < 1.29 is 9.59 Å². The van der Waals surface area contributed by atoms with Gasteiger partial charge in [0, 0.05) is 29.1 Å². The summed E-state index contributed by atoms with van der Waals surface area (Å²) in [6, 6.07) is 22.1. The molecule has 2 amide bonds. The lowest BCUT2D eigenvalue weighted by atomic mass is 10.0. The Morgan fingerprint density at radius 3 is 2.31 bits per heavy atom. The maximum Gasteiger partial charge on any atom is 0.243 e. The van der Waals surface area contributed by atoms with Gasteiger partial charge in [0.25, 0.3) is 0 Å². The standard InChI is InChI=1S/C29H32Cl2N2O2/c1-4-21(3)32-29(35)27(16-22-10-6-5-7-11-22)33(19-24-13-14-25(30)18-26(24)31)28(34)17-23-12-8-9-20(2)15-23/h5-15,18,21,27H,4,16-17,19H2,1-3H3,(H,32,35)/t21-,27-/m0/s1. The summed E-state index contributed by atoms with van der Waals surface area (Å²) < 4.78 is 0. The fourth-order valence-corrected chi connectivity index (χ4v) is 4.40. The first-order valence-electron chi connectivity index (χ1n) is 11.9. The molecule has 0 aromatic heterocycles. The zero-order chi connectivity index (χ0) is 25.4. The van der Waals surface area contributed by atoms with Crippen molar-refractivity contribution in [2.45, 2.75) is 58.7 Å². The predicted molar refractivity (Wildman–Crippen MR) is 144 cm³/mol. The number of carbonyl (C=O) groups is 2. The van der Waals surface area contributed by atoms with Gasteiger partial charge in [0.1, 0.15) is 6.04 Å². The van der Waals surface area contributed by atoms with Crippen LogP contribution < -0.4 is 5.32 Å². The van der Waals surface area contributed by atoms with E-state index in [1.165, 1.54) is 0 Å². The van der Waals surface area contributed by atoms with Crippen LogP contribution in [-0.2, 0) is 29.0 Å². The van der Waals surface area contributed by atoms with Crippen molar-refractivity contribution in [2.24, 2.45) is 0 Å². The Bertz CT molecular complexity index is 1150. The minimum absolute atomic E-state index is 0.00591. The second-order valence-electron chi connectivity index (χ2n) is 8.95. The van der Waals surface area contributed by atoms with Crippen molar-refractivity contribution in [2.75, 3.05) is 0 Å². The molecule has 0 aliphatic rings. The fourth-order valence-electron chi connectivity index (χ4n) is 3.93. The first-order chi connectivity index (χ1) is 16.8. The minimum Gasteiger partial charge on any atom is -0.352 e. The third-order valence-corrected chi connectivity index (χ3v) is 6.65. The van der Waals surface area contributed by atoms with Gasteiger partial charge < -0.3 is 10.2 Å². The van der Waals surface area contributed by atoms with Gasteiger partial charge in [-0.25, -0.2) is 0 Å². The maximum absolute atomic E-state index is 13.8. The first kappa shape index (κ1) is 26.8. The molecule has 4 nitrogen and oxygen atoms in total. The highest BCUT2D eigenvalue weighted by Gasteiger charge is 2.31. The molecule has 0 bridgehead atoms. The molecule has 0 aliphatic carbocycles. The summed E-state index contributed by atoms with van der Waals surface area (Å²) in [5.74, 6) is -0.312. The van der Waals surface area contributed by atoms with Gasteiger partial charge in [-0.3, -0.25) is 9.59 Å². The highest BCUT2D eigenvalue weighted by atomic mass is 35.5. The molecule has 0 heterocycles. The van der Waals surface area contributed by atoms with E-state index in [0.717, 1.165) is 28.7 Å². The lowest BCUT2D eigenvalue weighted by Gasteiger charge is -2.32. The highest BCUT2D eigenvalue weighted by Crippen LogP contribution is 2.24. The largest absolute Gasteiger partial charge is 0.352 e. The minimum atomic E-state index is -0.699. The molecule has 3 aromatic rings. The Labute approximate surface area is 218 Å². The molecule has 0 saturated heterocycles. The second-order valence-corrected chi connectivity index (χ2v) is 9.79. The van der Waals surface area contributed by atoms with Crippen LogP contribution in [0.2, 0.25) is 10.0 Å². The van der Waals surface area contributed by atoms with E-state index in [1.807, 2.05) is 81.4 Å². The normalized spacial score (nSPS) is 12.6. The third-order valence-electron chi connectivity index (χ3n) is 6.07. The number of carbonyl (C=O) groups excluding carboxylic acids is 2. The van der Waals surface area contributed by atoms with Gasteiger partial charge in [0.15, 0.2) is 0 Å². The van der Waals surface area contributed by atoms with Gasteiger partial charge in [0.2, 0.25) is 11.8 Å². The molecule has 0 unspecified atom stereocenters. The Morgan fingerprint density at radius 1 is 0.943 bits per heavy atom. The van der Waals surface area contributed by atoms with Crippen molar-refractivity contribution in [3.63, 3.8) is 0 Å². The van der Waals surface area contributed by atoms with Gasteiger partial charge >= 0.3 is 0 Å². The first-order valence-corrected chi connectivity index (χ1v) is 12.7. The number of rotatable bonds is 10. The Kier molecular flexibility index (Phi) is 9.76. The number of benzene rings is 3. The molecular weight excluding hydrogens is 479 g/mol. The number of halogens is 2. The number of amides is 2. The van der Waals surface area contributed by atoms with Gasteiger partial charge in [-0.05, 0) is 49.1 Å². The van der Waals surface area contributed by atoms with Crippen molar-refractivity contribution in [1.29, 1.82) is 0 Å². The Hall–Kier alpha value is -2.82. The summed E-state index contributed by atoms with van der Waals surface area (Å²) in [4.78, 5) is 29.0. The number of nitrogens with one attached hydrogen (secondary N) is 1. The third kappa shape index (κ3) is 7.84. The van der Waals surface area contributed by atoms with E-state index in [1.54, 1.807) is 17.0 Å². The van der Waals surface area contributed by atoms with Crippen LogP contribution in [-0.4, -0.2) is 28.8 Å². The summed E-state index contributed by atoms with van der Waals surface area (Å²) >= 11 is 12.6. The number of nitrogens with zero attached hydrogens (tertiary/aromatic N) is 1. The van der Waals surface area contributed by atoms with E-state index in [-0.39, 0.29) is 30.8 Å². The van der Waals surface area contributed by atoms with Crippen molar-refractivity contribution in [1.82, 2.24) is 10.2 Å². The van der Waals surface area contributed by atoms with Crippen molar-refractivity contribution in [3.8, 4) is 0 Å². The quantitative estimate of drug-likeness (QED) is 0.343. The van der Waals surface area contributed by atoms with Gasteiger partial charge in [0.05, 0.1) is 6.42 Å². The van der Waals surface area contributed by atoms with E-state index in [9.17, 15) is 9.59 Å². The molecule has 0 spiro atoms. The van der Waals surface area contributed by atoms with E-state index in [2.05, 4.69) is 5.32 Å². The van der Waals surface area contributed by atoms with Crippen molar-refractivity contribution >= 4 is 35.0 Å². The number of hydrogen-bond donors (Lipinski definition) is 1. The van der Waals surface area contributed by atoms with Gasteiger partial charge in [-0.2, -0.15) is 0 Å². The molecule has 35 heavy (non-hydrogen) atoms. The number of hydrogen-bond acceptors (Lipinski definition) is 2. The molecule has 0 saturated carbocycles. The van der Waals surface area contributed by atoms with Crippen LogP contribution in [0.25, 0.3) is 0 Å². The van der Waals surface area contributed by atoms with Crippen LogP contribution in [0.15, 0.2) is 72.8 Å². The maximum atomic E-state index is 13.8. The zero-order valence-corrected chi connectivity index (χ0v) is 21.9. The summed E-state index contributed by atoms with van der Waals surface area (Å²) in [6.45, 7) is 6.18. The average molecular weight is 511 g/mol. The molecule has 0 fully saturated rings. The SMILES string of the molecule is CC[C@H](C)NC(=O)[C@H](Cc1ccccc1)N(Cc1ccc(Cl)cc1Cl)C(=O)Cc1cccc(C)c1. The molecule has 0 aliphatic heterocycles. The number of aryl methyl sites for hydroxylation is 1. The van der Waals surface area contributed by atoms with Crippen LogP contribution >= 0.6 is 23.2 Å². The topological polar surface area (TPSA) is 49.4 Å². The predicted octanol–water partition coefficient (Wildman–Crippen LogP) is 6.40. The Morgan fingerprint density at radius 2 is 1.66 bits per heavy atom. The molecule has 1 N–H and O–H groups in total. The zero-order valence-electron chi connectivity index (χ0n) is 20.4. The molecule has 3 aromatic carbocycles. The van der Waals surface area contributed by atoms with E-state index in [0.29, 0.717) is 16.5 Å². The molecule has 3 rings (SSSR count). The van der Waals surface area contributed by atoms with Crippen LogP contribution in [0.5, 0.6) is 0 Å². The fraction of sp³-hybridized carbons (Fsp3) is 0.310. The summed E-state index contributed by atoms with van der Waals surface area (Å²) in [5, 5.41) is 4.07. The average Bonchev–Trinajstić information content (AvgIpc) is 2.83. The second kappa shape index (κ2) is 12.8. The van der Waals surface area contributed by atoms with E-state index >= 15 is 0 Å². The molecule has 184 valence electrons. The van der Waals surface area contributed by atoms with Gasteiger partial charge in [-0.15, -0.1) is 0 Å². The summed E-state index contributed by atoms with van der Waals surface area (Å²) in [5.41, 5.74) is 3.70.